The summed E-state index contributed by atoms with van der Waals surface area (Å²) in [4.78, 5) is 12.2. The highest BCUT2D eigenvalue weighted by molar-refractivity contribution is 6.30. The highest BCUT2D eigenvalue weighted by Crippen LogP contribution is 2.15. The maximum Gasteiger partial charge on any atom is 0.254 e. The summed E-state index contributed by atoms with van der Waals surface area (Å²) in [6.45, 7) is 4.50. The van der Waals surface area contributed by atoms with Crippen LogP contribution in [0.25, 0.3) is 5.69 Å². The van der Waals surface area contributed by atoms with Gasteiger partial charge in [0.25, 0.3) is 5.91 Å². The molecule has 1 aromatic heterocycles. The first-order valence-corrected chi connectivity index (χ1v) is 7.32. The lowest BCUT2D eigenvalue weighted by Crippen LogP contribution is -2.48. The first kappa shape index (κ1) is 16.8. The molecule has 2 aromatic rings. The molecule has 1 amide bonds. The maximum absolute atomic E-state index is 12.2. The van der Waals surface area contributed by atoms with Gasteiger partial charge >= 0.3 is 0 Å². The van der Waals surface area contributed by atoms with E-state index in [2.05, 4.69) is 15.7 Å². The molecular formula is C15H18Cl2N4O. The molecule has 1 aromatic carbocycles. The maximum atomic E-state index is 12.2. The van der Waals surface area contributed by atoms with Gasteiger partial charge in [0, 0.05) is 36.8 Å². The van der Waals surface area contributed by atoms with Crippen LogP contribution in [0.1, 0.15) is 16.1 Å². The Morgan fingerprint density at radius 2 is 2.09 bits per heavy atom. The summed E-state index contributed by atoms with van der Waals surface area (Å²) >= 11 is 5.88. The van der Waals surface area contributed by atoms with E-state index in [-0.39, 0.29) is 18.3 Å². The van der Waals surface area contributed by atoms with Crippen molar-refractivity contribution in [2.75, 3.05) is 19.6 Å². The van der Waals surface area contributed by atoms with Crippen molar-refractivity contribution in [3.8, 4) is 5.69 Å². The van der Waals surface area contributed by atoms with E-state index in [4.69, 9.17) is 11.6 Å². The number of aryl methyl sites for hydroxylation is 1. The fourth-order valence-corrected chi connectivity index (χ4v) is 2.36. The second kappa shape index (κ2) is 7.13. The fourth-order valence-electron chi connectivity index (χ4n) is 2.23. The summed E-state index contributed by atoms with van der Waals surface area (Å²) in [5, 5.41) is 11.2. The van der Waals surface area contributed by atoms with Crippen LogP contribution in [0.5, 0.6) is 0 Å². The molecule has 3 rings (SSSR count). The molecule has 0 saturated carbocycles. The molecule has 2 heterocycles. The molecule has 118 valence electrons. The predicted octanol–water partition coefficient (Wildman–Crippen LogP) is 2.21. The van der Waals surface area contributed by atoms with Crippen LogP contribution >= 0.6 is 24.0 Å². The quantitative estimate of drug-likeness (QED) is 0.896. The Hall–Kier alpha value is -1.56. The zero-order chi connectivity index (χ0) is 14.8. The third-order valence-corrected chi connectivity index (χ3v) is 3.90. The average molecular weight is 341 g/mol. The van der Waals surface area contributed by atoms with E-state index in [1.807, 2.05) is 19.1 Å². The molecule has 7 heteroatoms. The summed E-state index contributed by atoms with van der Waals surface area (Å²) in [7, 11) is 0. The van der Waals surface area contributed by atoms with Crippen LogP contribution in [0.2, 0.25) is 5.02 Å². The van der Waals surface area contributed by atoms with Crippen LogP contribution in [0.4, 0.5) is 0 Å². The molecule has 1 fully saturated rings. The molecule has 0 spiro atoms. The Morgan fingerprint density at radius 1 is 1.41 bits per heavy atom. The molecule has 0 aliphatic carbocycles. The standard InChI is InChI=1S/C15H17ClN4O.ClH/c1-10-14(15(21)18-8-11-6-17-7-11)9-20(19-10)13-4-2-12(16)3-5-13;/h2-5,9,11,17H,6-8H2,1H3,(H,18,21);1H. The Balaban J connectivity index is 0.00000176. The Labute approximate surface area is 140 Å². The van der Waals surface area contributed by atoms with Gasteiger partial charge in [-0.2, -0.15) is 5.10 Å². The molecule has 0 bridgehead atoms. The van der Waals surface area contributed by atoms with E-state index in [1.165, 1.54) is 0 Å². The molecule has 1 aliphatic rings. The van der Waals surface area contributed by atoms with Gasteiger partial charge in [-0.1, -0.05) is 11.6 Å². The smallest absolute Gasteiger partial charge is 0.254 e. The van der Waals surface area contributed by atoms with Crippen molar-refractivity contribution in [3.63, 3.8) is 0 Å². The number of rotatable bonds is 4. The number of amides is 1. The van der Waals surface area contributed by atoms with Crippen molar-refractivity contribution < 1.29 is 4.79 Å². The van der Waals surface area contributed by atoms with E-state index >= 15 is 0 Å². The molecule has 0 atom stereocenters. The summed E-state index contributed by atoms with van der Waals surface area (Å²) < 4.78 is 1.70. The van der Waals surface area contributed by atoms with Gasteiger partial charge in [0.1, 0.15) is 0 Å². The van der Waals surface area contributed by atoms with Crippen molar-refractivity contribution in [3.05, 3.63) is 46.7 Å². The summed E-state index contributed by atoms with van der Waals surface area (Å²) in [6, 6.07) is 7.35. The van der Waals surface area contributed by atoms with Crippen molar-refractivity contribution in [2.24, 2.45) is 5.92 Å². The van der Waals surface area contributed by atoms with Crippen LogP contribution in [0.15, 0.2) is 30.5 Å². The molecule has 2 N–H and O–H groups in total. The highest BCUT2D eigenvalue weighted by Gasteiger charge is 2.19. The number of carbonyl (C=O) groups is 1. The van der Waals surface area contributed by atoms with Gasteiger partial charge in [-0.25, -0.2) is 4.68 Å². The summed E-state index contributed by atoms with van der Waals surface area (Å²) in [6.07, 6.45) is 1.76. The van der Waals surface area contributed by atoms with Crippen LogP contribution in [-0.2, 0) is 0 Å². The lowest BCUT2D eigenvalue weighted by Gasteiger charge is -2.26. The Bertz CT molecular complexity index is 650. The SMILES string of the molecule is Cc1nn(-c2ccc(Cl)cc2)cc1C(=O)NCC1CNC1.Cl. The Morgan fingerprint density at radius 3 is 2.68 bits per heavy atom. The number of halogens is 2. The van der Waals surface area contributed by atoms with Gasteiger partial charge < -0.3 is 10.6 Å². The third-order valence-electron chi connectivity index (χ3n) is 3.65. The fraction of sp³-hybridized carbons (Fsp3) is 0.333. The first-order valence-electron chi connectivity index (χ1n) is 6.94. The van der Waals surface area contributed by atoms with Crippen molar-refractivity contribution >= 4 is 29.9 Å². The van der Waals surface area contributed by atoms with Gasteiger partial charge in [-0.3, -0.25) is 4.79 Å². The minimum absolute atomic E-state index is 0. The molecule has 0 radical (unpaired) electrons. The number of carbonyl (C=O) groups excluding carboxylic acids is 1. The van der Waals surface area contributed by atoms with Crippen LogP contribution in [0.3, 0.4) is 0 Å². The van der Waals surface area contributed by atoms with Gasteiger partial charge in [0.15, 0.2) is 0 Å². The summed E-state index contributed by atoms with van der Waals surface area (Å²) in [5.74, 6) is 0.472. The number of nitrogens with one attached hydrogen (secondary N) is 2. The molecule has 1 aliphatic heterocycles. The van der Waals surface area contributed by atoms with E-state index in [1.54, 1.807) is 23.0 Å². The first-order chi connectivity index (χ1) is 10.1. The lowest BCUT2D eigenvalue weighted by molar-refractivity contribution is 0.0941. The van der Waals surface area contributed by atoms with E-state index in [0.29, 0.717) is 28.7 Å². The zero-order valence-electron chi connectivity index (χ0n) is 12.2. The van der Waals surface area contributed by atoms with Crippen molar-refractivity contribution in [2.45, 2.75) is 6.92 Å². The van der Waals surface area contributed by atoms with Gasteiger partial charge in [-0.15, -0.1) is 12.4 Å². The number of hydrogen-bond donors (Lipinski definition) is 2. The minimum Gasteiger partial charge on any atom is -0.352 e. The molecule has 5 nitrogen and oxygen atoms in total. The zero-order valence-corrected chi connectivity index (χ0v) is 13.7. The van der Waals surface area contributed by atoms with E-state index in [0.717, 1.165) is 18.8 Å². The average Bonchev–Trinajstić information content (AvgIpc) is 2.80. The van der Waals surface area contributed by atoms with Gasteiger partial charge in [0.2, 0.25) is 0 Å². The van der Waals surface area contributed by atoms with Gasteiger partial charge in [0.05, 0.1) is 16.9 Å². The van der Waals surface area contributed by atoms with E-state index < -0.39 is 0 Å². The van der Waals surface area contributed by atoms with Gasteiger partial charge in [-0.05, 0) is 31.2 Å². The number of benzene rings is 1. The lowest BCUT2D eigenvalue weighted by atomic mass is 10.0. The predicted molar refractivity (Wildman–Crippen MR) is 89.3 cm³/mol. The molecule has 22 heavy (non-hydrogen) atoms. The Kier molecular flexibility index (Phi) is 5.45. The summed E-state index contributed by atoms with van der Waals surface area (Å²) in [5.41, 5.74) is 2.20. The van der Waals surface area contributed by atoms with Crippen LogP contribution in [0, 0.1) is 12.8 Å². The minimum atomic E-state index is -0.0698. The second-order valence-electron chi connectivity index (χ2n) is 5.28. The third kappa shape index (κ3) is 3.61. The normalized spacial score (nSPS) is 14.1. The van der Waals surface area contributed by atoms with E-state index in [9.17, 15) is 4.79 Å². The number of aromatic nitrogens is 2. The van der Waals surface area contributed by atoms with Crippen molar-refractivity contribution in [1.29, 1.82) is 0 Å². The monoisotopic (exact) mass is 340 g/mol. The second-order valence-corrected chi connectivity index (χ2v) is 5.72. The number of hydrogen-bond acceptors (Lipinski definition) is 3. The number of nitrogens with zero attached hydrogens (tertiary/aromatic N) is 2. The molecule has 0 unspecified atom stereocenters. The van der Waals surface area contributed by atoms with Crippen LogP contribution in [-0.4, -0.2) is 35.3 Å². The van der Waals surface area contributed by atoms with Crippen LogP contribution < -0.4 is 10.6 Å². The highest BCUT2D eigenvalue weighted by atomic mass is 35.5. The van der Waals surface area contributed by atoms with Crippen molar-refractivity contribution in [1.82, 2.24) is 20.4 Å². The largest absolute Gasteiger partial charge is 0.352 e. The topological polar surface area (TPSA) is 59.0 Å². The molecular weight excluding hydrogens is 323 g/mol. The molecule has 1 saturated heterocycles.